The number of rotatable bonds is 1. The Labute approximate surface area is 105 Å². The van der Waals surface area contributed by atoms with Crippen LogP contribution >= 0.6 is 11.6 Å². The molecule has 88 valence electrons. The molecule has 0 saturated heterocycles. The van der Waals surface area contributed by atoms with Gasteiger partial charge in [-0.25, -0.2) is 9.97 Å². The topological polar surface area (TPSA) is 77.8 Å². The van der Waals surface area contributed by atoms with Crippen LogP contribution in [0.5, 0.6) is 0 Å². The van der Waals surface area contributed by atoms with Crippen LogP contribution < -0.4 is 11.5 Å². The number of nitrogens with two attached hydrogens (primary N) is 2. The van der Waals surface area contributed by atoms with Gasteiger partial charge in [0.25, 0.3) is 0 Å². The minimum absolute atomic E-state index is 0.307. The number of nitrogens with zero attached hydrogens (tertiary/aromatic N) is 2. The average Bonchev–Trinajstić information content (AvgIpc) is 2.24. The summed E-state index contributed by atoms with van der Waals surface area (Å²) in [6.07, 6.45) is 0. The molecule has 1 aromatic heterocycles. The molecule has 17 heavy (non-hydrogen) atoms. The molecule has 2 aromatic rings. The van der Waals surface area contributed by atoms with Gasteiger partial charge in [-0.05, 0) is 31.5 Å². The van der Waals surface area contributed by atoms with E-state index in [0.717, 1.165) is 11.1 Å². The maximum Gasteiger partial charge on any atom is 0.151 e. The lowest BCUT2D eigenvalue weighted by Crippen LogP contribution is -2.05. The molecule has 0 amide bonds. The largest absolute Gasteiger partial charge is 0.394 e. The first kappa shape index (κ1) is 11.7. The molecular formula is C12H13ClN4. The summed E-state index contributed by atoms with van der Waals surface area (Å²) in [5, 5.41) is 0.684. The molecule has 0 aliphatic heterocycles. The summed E-state index contributed by atoms with van der Waals surface area (Å²) < 4.78 is 0. The molecule has 4 nitrogen and oxygen atoms in total. The number of nitrogen functional groups attached to an aromatic ring is 2. The lowest BCUT2D eigenvalue weighted by Gasteiger charge is -2.10. The minimum Gasteiger partial charge on any atom is -0.394 e. The molecule has 0 aliphatic rings. The van der Waals surface area contributed by atoms with E-state index in [4.69, 9.17) is 23.1 Å². The lowest BCUT2D eigenvalue weighted by molar-refractivity contribution is 1.07. The highest BCUT2D eigenvalue weighted by atomic mass is 35.5. The Morgan fingerprint density at radius 3 is 2.47 bits per heavy atom. The fraction of sp³-hybridized carbons (Fsp3) is 0.167. The average molecular weight is 249 g/mol. The number of hydrogen-bond donors (Lipinski definition) is 2. The third kappa shape index (κ3) is 2.17. The predicted molar refractivity (Wildman–Crippen MR) is 70.8 cm³/mol. The second kappa shape index (κ2) is 4.22. The molecule has 5 heteroatoms. The summed E-state index contributed by atoms with van der Waals surface area (Å²) >= 11 is 5.92. The molecule has 1 heterocycles. The van der Waals surface area contributed by atoms with E-state index in [9.17, 15) is 0 Å². The molecular weight excluding hydrogens is 236 g/mol. The van der Waals surface area contributed by atoms with Gasteiger partial charge in [0.15, 0.2) is 5.82 Å². The van der Waals surface area contributed by atoms with Crippen LogP contribution in [-0.4, -0.2) is 9.97 Å². The van der Waals surface area contributed by atoms with Gasteiger partial charge in [0.05, 0.1) is 5.69 Å². The summed E-state index contributed by atoms with van der Waals surface area (Å²) in [6, 6.07) is 5.55. The first-order valence-electron chi connectivity index (χ1n) is 5.15. The van der Waals surface area contributed by atoms with Gasteiger partial charge < -0.3 is 11.5 Å². The van der Waals surface area contributed by atoms with E-state index < -0.39 is 0 Å². The van der Waals surface area contributed by atoms with E-state index >= 15 is 0 Å². The molecule has 0 unspecified atom stereocenters. The van der Waals surface area contributed by atoms with Crippen molar-refractivity contribution >= 4 is 23.1 Å². The quantitative estimate of drug-likeness (QED) is 0.813. The monoisotopic (exact) mass is 248 g/mol. The Kier molecular flexibility index (Phi) is 2.90. The highest BCUT2D eigenvalue weighted by Gasteiger charge is 2.12. The van der Waals surface area contributed by atoms with Gasteiger partial charge in [-0.3, -0.25) is 0 Å². The van der Waals surface area contributed by atoms with Crippen molar-refractivity contribution in [3.63, 3.8) is 0 Å². The molecule has 0 saturated carbocycles. The van der Waals surface area contributed by atoms with Crippen LogP contribution in [0.2, 0.25) is 5.02 Å². The van der Waals surface area contributed by atoms with Crippen LogP contribution in [0.3, 0.4) is 0 Å². The number of benzene rings is 1. The Hall–Kier alpha value is -1.81. The summed E-state index contributed by atoms with van der Waals surface area (Å²) in [7, 11) is 0. The van der Waals surface area contributed by atoms with Gasteiger partial charge in [-0.1, -0.05) is 17.7 Å². The molecule has 0 spiro atoms. The fourth-order valence-electron chi connectivity index (χ4n) is 1.70. The van der Waals surface area contributed by atoms with Crippen LogP contribution in [0.4, 0.5) is 11.5 Å². The van der Waals surface area contributed by atoms with Crippen molar-refractivity contribution in [2.24, 2.45) is 0 Å². The van der Waals surface area contributed by atoms with Crippen LogP contribution in [0.25, 0.3) is 11.3 Å². The van der Waals surface area contributed by atoms with Crippen molar-refractivity contribution in [3.8, 4) is 11.3 Å². The second-order valence-electron chi connectivity index (χ2n) is 3.88. The van der Waals surface area contributed by atoms with E-state index in [1.165, 1.54) is 0 Å². The van der Waals surface area contributed by atoms with E-state index in [2.05, 4.69) is 9.97 Å². The summed E-state index contributed by atoms with van der Waals surface area (Å²) in [4.78, 5) is 8.36. The number of aryl methyl sites for hydroxylation is 2. The smallest absolute Gasteiger partial charge is 0.151 e. The number of aromatic nitrogens is 2. The Balaban J connectivity index is 2.68. The molecule has 1 aromatic carbocycles. The van der Waals surface area contributed by atoms with E-state index in [0.29, 0.717) is 28.0 Å². The SMILES string of the molecule is Cc1nc(N)c(N)c(-c2ccc(Cl)cc2C)n1. The van der Waals surface area contributed by atoms with Crippen molar-refractivity contribution in [2.75, 3.05) is 11.5 Å². The van der Waals surface area contributed by atoms with Crippen LogP contribution in [-0.2, 0) is 0 Å². The van der Waals surface area contributed by atoms with Gasteiger partial charge in [0.2, 0.25) is 0 Å². The van der Waals surface area contributed by atoms with E-state index in [-0.39, 0.29) is 0 Å². The maximum atomic E-state index is 5.92. The number of hydrogen-bond acceptors (Lipinski definition) is 4. The Morgan fingerprint density at radius 2 is 1.82 bits per heavy atom. The lowest BCUT2D eigenvalue weighted by atomic mass is 10.0. The van der Waals surface area contributed by atoms with Crippen molar-refractivity contribution < 1.29 is 0 Å². The zero-order valence-electron chi connectivity index (χ0n) is 9.66. The third-order valence-electron chi connectivity index (χ3n) is 2.53. The zero-order valence-corrected chi connectivity index (χ0v) is 10.4. The standard InChI is InChI=1S/C12H13ClN4/c1-6-5-8(13)3-4-9(6)11-10(14)12(15)17-7(2)16-11/h3-5H,14H2,1-2H3,(H2,15,16,17). The van der Waals surface area contributed by atoms with Gasteiger partial charge >= 0.3 is 0 Å². The predicted octanol–water partition coefficient (Wildman–Crippen LogP) is 2.58. The summed E-state index contributed by atoms with van der Waals surface area (Å²) in [6.45, 7) is 3.73. The highest BCUT2D eigenvalue weighted by molar-refractivity contribution is 6.30. The Bertz CT molecular complexity index is 581. The zero-order chi connectivity index (χ0) is 12.6. The van der Waals surface area contributed by atoms with Crippen LogP contribution in [0, 0.1) is 13.8 Å². The summed E-state index contributed by atoms with van der Waals surface area (Å²) in [5.74, 6) is 0.905. The van der Waals surface area contributed by atoms with Crippen molar-refractivity contribution in [3.05, 3.63) is 34.6 Å². The van der Waals surface area contributed by atoms with Crippen molar-refractivity contribution in [2.45, 2.75) is 13.8 Å². The molecule has 0 bridgehead atoms. The van der Waals surface area contributed by atoms with Gasteiger partial charge in [0.1, 0.15) is 11.5 Å². The van der Waals surface area contributed by atoms with Crippen LogP contribution in [0.1, 0.15) is 11.4 Å². The van der Waals surface area contributed by atoms with E-state index in [1.807, 2.05) is 19.1 Å². The molecule has 0 fully saturated rings. The maximum absolute atomic E-state index is 5.92. The summed E-state index contributed by atoms with van der Waals surface area (Å²) in [5.41, 5.74) is 14.6. The first-order chi connectivity index (χ1) is 7.99. The third-order valence-corrected chi connectivity index (χ3v) is 2.77. The highest BCUT2D eigenvalue weighted by Crippen LogP contribution is 2.30. The molecule has 0 aliphatic carbocycles. The Morgan fingerprint density at radius 1 is 1.12 bits per heavy atom. The van der Waals surface area contributed by atoms with Gasteiger partial charge in [-0.15, -0.1) is 0 Å². The van der Waals surface area contributed by atoms with Crippen LogP contribution in [0.15, 0.2) is 18.2 Å². The second-order valence-corrected chi connectivity index (χ2v) is 4.31. The molecule has 4 N–H and O–H groups in total. The molecule has 0 radical (unpaired) electrons. The normalized spacial score (nSPS) is 10.5. The molecule has 0 atom stereocenters. The fourth-order valence-corrected chi connectivity index (χ4v) is 1.93. The number of anilines is 2. The van der Waals surface area contributed by atoms with Crippen molar-refractivity contribution in [1.29, 1.82) is 0 Å². The minimum atomic E-state index is 0.307. The van der Waals surface area contributed by atoms with Gasteiger partial charge in [-0.2, -0.15) is 0 Å². The van der Waals surface area contributed by atoms with Gasteiger partial charge in [0, 0.05) is 10.6 Å². The molecule has 2 rings (SSSR count). The number of halogens is 1. The van der Waals surface area contributed by atoms with E-state index in [1.54, 1.807) is 13.0 Å². The first-order valence-corrected chi connectivity index (χ1v) is 5.53. The van der Waals surface area contributed by atoms with Crippen molar-refractivity contribution in [1.82, 2.24) is 9.97 Å².